The summed E-state index contributed by atoms with van der Waals surface area (Å²) in [4.78, 5) is 55.5. The average Bonchev–Trinajstić information content (AvgIpc) is 4.00. The summed E-state index contributed by atoms with van der Waals surface area (Å²) in [6.07, 6.45) is 20.3. The van der Waals surface area contributed by atoms with E-state index < -0.39 is 11.9 Å². The molecule has 6 aliphatic rings. The first-order chi connectivity index (χ1) is 30.9. The third kappa shape index (κ3) is 11.0. The Bertz CT molecular complexity index is 2350. The van der Waals surface area contributed by atoms with Gasteiger partial charge in [0.15, 0.2) is 5.78 Å². The second-order valence-corrected chi connectivity index (χ2v) is 19.8. The van der Waals surface area contributed by atoms with Crippen LogP contribution in [0.4, 0.5) is 0 Å². The van der Waals surface area contributed by atoms with Crippen LogP contribution in [0.5, 0.6) is 0 Å². The zero-order chi connectivity index (χ0) is 47.3. The third-order valence-corrected chi connectivity index (χ3v) is 14.4. The summed E-state index contributed by atoms with van der Waals surface area (Å²) in [6.45, 7) is 23.3. The van der Waals surface area contributed by atoms with E-state index in [1.807, 2.05) is 45.1 Å². The fourth-order valence-corrected chi connectivity index (χ4v) is 10.4. The molecule has 0 radical (unpaired) electrons. The number of carbonyl (C=O) groups is 3. The first-order valence-corrected chi connectivity index (χ1v) is 24.3. The minimum absolute atomic E-state index is 0.0883. The molecule has 1 aliphatic carbocycles. The van der Waals surface area contributed by atoms with Gasteiger partial charge in [-0.25, -0.2) is 15.0 Å². The van der Waals surface area contributed by atoms with Gasteiger partial charge in [0.1, 0.15) is 18.3 Å². The number of ketones is 1. The number of nitrogens with zero attached hydrogens (tertiary/aromatic N) is 3. The molecule has 0 spiro atoms. The van der Waals surface area contributed by atoms with Crippen LogP contribution in [0.3, 0.4) is 0 Å². The molecule has 65 heavy (non-hydrogen) atoms. The molecular weight excluding hydrogens is 813 g/mol. The zero-order valence-electron chi connectivity index (χ0n) is 41.3. The maximum absolute atomic E-state index is 13.6. The number of hydrogen-bond donors (Lipinski definition) is 2. The van der Waals surface area contributed by atoms with Crippen molar-refractivity contribution in [3.8, 4) is 0 Å². The fraction of sp³-hybridized carbons (Fsp3) is 0.564. The van der Waals surface area contributed by atoms with Gasteiger partial charge in [0, 0.05) is 46.4 Å². The highest BCUT2D eigenvalue weighted by Gasteiger charge is 2.49. The molecule has 5 atom stereocenters. The van der Waals surface area contributed by atoms with Crippen LogP contribution in [0.25, 0.3) is 0 Å². The Morgan fingerprint density at radius 3 is 2.12 bits per heavy atom. The number of nitrogens with one attached hydrogen (secondary N) is 1. The highest BCUT2D eigenvalue weighted by molar-refractivity contribution is 6.24. The first-order valence-electron chi connectivity index (χ1n) is 24.3. The van der Waals surface area contributed by atoms with Crippen molar-refractivity contribution in [2.75, 3.05) is 13.7 Å². The van der Waals surface area contributed by atoms with E-state index in [2.05, 4.69) is 53.8 Å². The highest BCUT2D eigenvalue weighted by atomic mass is 16.5. The Hall–Kier alpha value is -5.12. The summed E-state index contributed by atoms with van der Waals surface area (Å²) in [5.41, 5.74) is 11.7. The van der Waals surface area contributed by atoms with Crippen molar-refractivity contribution in [3.63, 3.8) is 0 Å². The van der Waals surface area contributed by atoms with Crippen LogP contribution in [-0.2, 0) is 23.9 Å². The van der Waals surface area contributed by atoms with Crippen LogP contribution in [0.1, 0.15) is 153 Å². The Morgan fingerprint density at radius 1 is 0.831 bits per heavy atom. The van der Waals surface area contributed by atoms with E-state index in [1.165, 1.54) is 57.6 Å². The summed E-state index contributed by atoms with van der Waals surface area (Å²) in [5.74, 6) is -0.366. The average molecular weight is 887 g/mol. The van der Waals surface area contributed by atoms with Gasteiger partial charge >= 0.3 is 11.9 Å². The summed E-state index contributed by atoms with van der Waals surface area (Å²) in [5, 5.41) is 15.6. The van der Waals surface area contributed by atoms with E-state index in [0.717, 1.165) is 70.5 Å². The maximum Gasteiger partial charge on any atom is 0.321 e. The largest absolute Gasteiger partial charge is 0.510 e. The predicted molar refractivity (Wildman–Crippen MR) is 262 cm³/mol. The van der Waals surface area contributed by atoms with Gasteiger partial charge in [0.05, 0.1) is 41.3 Å². The summed E-state index contributed by atoms with van der Waals surface area (Å²) >= 11 is 0. The number of esters is 2. The van der Waals surface area contributed by atoms with Gasteiger partial charge in [-0.3, -0.25) is 14.4 Å². The lowest BCUT2D eigenvalue weighted by Gasteiger charge is -2.20. The Balaban J connectivity index is 1.21. The van der Waals surface area contributed by atoms with Crippen molar-refractivity contribution in [3.05, 3.63) is 103 Å². The van der Waals surface area contributed by atoms with E-state index >= 15 is 0 Å². The summed E-state index contributed by atoms with van der Waals surface area (Å²) in [6, 6.07) is 0. The molecule has 8 bridgehead atoms. The predicted octanol–water partition coefficient (Wildman–Crippen LogP) is 12.4. The lowest BCUT2D eigenvalue weighted by atomic mass is 9.84. The van der Waals surface area contributed by atoms with Crippen LogP contribution in [-0.4, -0.2) is 53.7 Å². The van der Waals surface area contributed by atoms with Gasteiger partial charge in [-0.1, -0.05) is 92.1 Å². The van der Waals surface area contributed by atoms with E-state index in [-0.39, 0.29) is 42.4 Å². The molecule has 2 N–H and O–H groups in total. The molecule has 5 unspecified atom stereocenters. The number of fused-ring (bicyclic) bond motifs is 5. The van der Waals surface area contributed by atoms with Crippen molar-refractivity contribution in [2.24, 2.45) is 50.5 Å². The molecule has 10 nitrogen and oxygen atoms in total. The number of rotatable bonds is 20. The zero-order valence-corrected chi connectivity index (χ0v) is 41.3. The Morgan fingerprint density at radius 2 is 1.48 bits per heavy atom. The van der Waals surface area contributed by atoms with Crippen molar-refractivity contribution in [1.82, 2.24) is 5.32 Å². The molecule has 6 rings (SSSR count). The number of allylic oxidation sites excluding steroid dienone is 12. The second kappa shape index (κ2) is 21.5. The van der Waals surface area contributed by atoms with E-state index in [9.17, 15) is 19.5 Å². The standard InChI is InChI=1S/C55H74N4O6/c1-13-39-34(7)41-29-46-48(38(11)60)36(9)43(57-46)27-42-35(8)40(52(58-42)50-51(55(63)64-12)54(62)49-37(10)44(59-53(49)50)28-45(39)56-41)23-24-47(61)65-26-25-33(6)22-16-21-32(5)20-15-19-31(4)18-14-17-30(2)3/h25,27-32,35,40,51,58,62H,13-24,26H2,1-12H3/b33-25+,42-27?,45-28?,46-29?,52-50?. The third-order valence-electron chi connectivity index (χ3n) is 14.4. The lowest BCUT2D eigenvalue weighted by molar-refractivity contribution is -0.144. The summed E-state index contributed by atoms with van der Waals surface area (Å²) in [7, 11) is 1.32. The van der Waals surface area contributed by atoms with E-state index in [4.69, 9.17) is 24.5 Å². The fourth-order valence-electron chi connectivity index (χ4n) is 10.4. The highest BCUT2D eigenvalue weighted by Crippen LogP contribution is 2.49. The molecule has 350 valence electrons. The van der Waals surface area contributed by atoms with Gasteiger partial charge in [-0.2, -0.15) is 0 Å². The smallest absolute Gasteiger partial charge is 0.321 e. The topological polar surface area (TPSA) is 139 Å². The van der Waals surface area contributed by atoms with Crippen LogP contribution < -0.4 is 5.32 Å². The van der Waals surface area contributed by atoms with E-state index in [1.54, 1.807) is 6.92 Å². The van der Waals surface area contributed by atoms with Crippen molar-refractivity contribution < 1.29 is 29.0 Å². The van der Waals surface area contributed by atoms with E-state index in [0.29, 0.717) is 57.6 Å². The van der Waals surface area contributed by atoms with Crippen molar-refractivity contribution in [1.29, 1.82) is 0 Å². The molecule has 0 aromatic rings. The number of aliphatic hydroxyl groups is 1. The summed E-state index contributed by atoms with van der Waals surface area (Å²) < 4.78 is 11.1. The quantitative estimate of drug-likeness (QED) is 0.0916. The van der Waals surface area contributed by atoms with Crippen molar-refractivity contribution >= 4 is 34.9 Å². The minimum atomic E-state index is -1.11. The molecule has 0 aromatic carbocycles. The normalized spacial score (nSPS) is 22.6. The van der Waals surface area contributed by atoms with Gasteiger partial charge in [0.25, 0.3) is 0 Å². The number of methoxy groups -OCH3 is 1. The number of carbonyl (C=O) groups excluding carboxylic acids is 3. The van der Waals surface area contributed by atoms with Crippen LogP contribution >= 0.6 is 0 Å². The van der Waals surface area contributed by atoms with Gasteiger partial charge in [-0.05, 0) is 125 Å². The molecule has 0 saturated carbocycles. The minimum Gasteiger partial charge on any atom is -0.510 e. The van der Waals surface area contributed by atoms with Crippen LogP contribution in [0, 0.1) is 35.5 Å². The van der Waals surface area contributed by atoms with Gasteiger partial charge < -0.3 is 19.9 Å². The number of aliphatic hydroxyl groups excluding tert-OH is 1. The van der Waals surface area contributed by atoms with Gasteiger partial charge in [-0.15, -0.1) is 0 Å². The number of aliphatic imine (C=N–C) groups is 3. The van der Waals surface area contributed by atoms with Crippen LogP contribution in [0.2, 0.25) is 0 Å². The molecule has 0 aromatic heterocycles. The molecule has 10 heteroatoms. The molecular formula is C55H74N4O6. The van der Waals surface area contributed by atoms with Gasteiger partial charge in [0.2, 0.25) is 0 Å². The van der Waals surface area contributed by atoms with Crippen molar-refractivity contribution in [2.45, 2.75) is 153 Å². The second-order valence-electron chi connectivity index (χ2n) is 19.8. The Kier molecular flexibility index (Phi) is 16.3. The molecule has 5 aliphatic heterocycles. The number of Topliss-reactive ketones (excluding diaryl/α,β-unsaturated/α-hetero) is 1. The lowest BCUT2D eigenvalue weighted by Crippen LogP contribution is -2.25. The van der Waals surface area contributed by atoms with Crippen LogP contribution in [0.15, 0.2) is 118 Å². The monoisotopic (exact) mass is 887 g/mol. The maximum atomic E-state index is 13.6. The number of hydrogen-bond acceptors (Lipinski definition) is 10. The number of ether oxygens (including phenoxy) is 2. The first kappa shape index (κ1) is 49.3. The molecule has 1 saturated heterocycles. The molecule has 1 fully saturated rings. The molecule has 5 heterocycles. The SMILES string of the molecule is CCC1=C(C)C2=NC1=CC1=C(C)C3=C(O)C(C(=O)OC)C(=C4NC(=CC5=NC(=C2)C(C(C)=O)=C5C)C(C)C4CCC(=O)OC/C=C(\C)CCCC(C)CCCC(C)CCCC(C)C)C3=N1. The molecule has 0 amide bonds. The Labute approximate surface area is 388 Å².